The zero-order valence-electron chi connectivity index (χ0n) is 14.3. The lowest BCUT2D eigenvalue weighted by Gasteiger charge is -2.00. The van der Waals surface area contributed by atoms with Gasteiger partial charge in [0, 0.05) is 17.4 Å². The molecular formula is C17H16N6OS2. The Hall–Kier alpha value is -2.52. The normalized spacial score (nSPS) is 11.3. The Morgan fingerprint density at radius 3 is 2.92 bits per heavy atom. The number of aryl methyl sites for hydroxylation is 2. The first-order valence-corrected chi connectivity index (χ1v) is 9.94. The largest absolute Gasteiger partial charge is 0.275 e. The van der Waals surface area contributed by atoms with E-state index in [1.807, 2.05) is 38.1 Å². The number of thioether (sulfide) groups is 1. The summed E-state index contributed by atoms with van der Waals surface area (Å²) >= 11 is 2.89. The quantitative estimate of drug-likeness (QED) is 0.532. The van der Waals surface area contributed by atoms with E-state index in [1.54, 1.807) is 0 Å². The van der Waals surface area contributed by atoms with Gasteiger partial charge < -0.3 is 0 Å². The van der Waals surface area contributed by atoms with E-state index in [1.165, 1.54) is 33.7 Å². The molecule has 0 spiro atoms. The standard InChI is InChI=1S/C17H16N6OS2/c1-3-13-22-23-14(24)8-11(18-17(23)26-13)9-25-16-19-15(20-21-16)12-7-5-4-6-10(12)2/h4-8H,3,9H2,1-2H3,(H,19,20,21). The molecule has 3 heterocycles. The van der Waals surface area contributed by atoms with Crippen molar-refractivity contribution in [2.24, 2.45) is 0 Å². The summed E-state index contributed by atoms with van der Waals surface area (Å²) in [6.07, 6.45) is 0.788. The molecule has 26 heavy (non-hydrogen) atoms. The monoisotopic (exact) mass is 384 g/mol. The minimum atomic E-state index is -0.155. The first-order valence-electron chi connectivity index (χ1n) is 8.14. The maximum absolute atomic E-state index is 12.2. The minimum absolute atomic E-state index is 0.155. The van der Waals surface area contributed by atoms with Crippen LogP contribution in [0.5, 0.6) is 0 Å². The molecule has 1 aromatic carbocycles. The van der Waals surface area contributed by atoms with Crippen molar-refractivity contribution in [1.82, 2.24) is 29.8 Å². The molecule has 0 radical (unpaired) electrons. The highest BCUT2D eigenvalue weighted by Gasteiger charge is 2.11. The van der Waals surface area contributed by atoms with E-state index < -0.39 is 0 Å². The molecule has 4 aromatic rings. The number of hydrogen-bond donors (Lipinski definition) is 1. The molecule has 0 bridgehead atoms. The Kier molecular flexibility index (Phi) is 4.56. The average molecular weight is 384 g/mol. The van der Waals surface area contributed by atoms with Crippen molar-refractivity contribution >= 4 is 28.1 Å². The molecule has 0 unspecified atom stereocenters. The lowest BCUT2D eigenvalue weighted by Crippen LogP contribution is -2.15. The van der Waals surface area contributed by atoms with E-state index >= 15 is 0 Å². The Labute approximate surface area is 157 Å². The molecule has 0 fully saturated rings. The van der Waals surface area contributed by atoms with Crippen molar-refractivity contribution in [3.05, 3.63) is 57.0 Å². The zero-order chi connectivity index (χ0) is 18.1. The minimum Gasteiger partial charge on any atom is -0.267 e. The van der Waals surface area contributed by atoms with Gasteiger partial charge in [0.25, 0.3) is 5.56 Å². The van der Waals surface area contributed by atoms with E-state index in [0.717, 1.165) is 28.4 Å². The number of rotatable bonds is 5. The first kappa shape index (κ1) is 16.9. The third kappa shape index (κ3) is 3.27. The fourth-order valence-electron chi connectivity index (χ4n) is 2.52. The van der Waals surface area contributed by atoms with Crippen LogP contribution in [0, 0.1) is 6.92 Å². The summed E-state index contributed by atoms with van der Waals surface area (Å²) in [6, 6.07) is 9.54. The summed E-state index contributed by atoms with van der Waals surface area (Å²) in [5.41, 5.74) is 2.71. The number of hydrogen-bond acceptors (Lipinski definition) is 7. The number of nitrogens with one attached hydrogen (secondary N) is 1. The van der Waals surface area contributed by atoms with Gasteiger partial charge in [0.1, 0.15) is 5.01 Å². The number of nitrogens with zero attached hydrogens (tertiary/aromatic N) is 5. The van der Waals surface area contributed by atoms with Crippen molar-refractivity contribution in [2.75, 3.05) is 0 Å². The van der Waals surface area contributed by atoms with Gasteiger partial charge in [-0.25, -0.2) is 9.97 Å². The van der Waals surface area contributed by atoms with E-state index in [9.17, 15) is 4.79 Å². The Bertz CT molecular complexity index is 1130. The lowest BCUT2D eigenvalue weighted by atomic mass is 10.1. The third-order valence-corrected chi connectivity index (χ3v) is 5.79. The van der Waals surface area contributed by atoms with Gasteiger partial charge in [-0.15, -0.1) is 5.10 Å². The highest BCUT2D eigenvalue weighted by molar-refractivity contribution is 7.98. The molecular weight excluding hydrogens is 368 g/mol. The molecule has 0 saturated carbocycles. The van der Waals surface area contributed by atoms with Gasteiger partial charge in [-0.05, 0) is 18.9 Å². The lowest BCUT2D eigenvalue weighted by molar-refractivity contribution is 0.852. The van der Waals surface area contributed by atoms with Crippen LogP contribution < -0.4 is 5.56 Å². The summed E-state index contributed by atoms with van der Waals surface area (Å²) in [6.45, 7) is 4.05. The maximum atomic E-state index is 12.2. The molecule has 132 valence electrons. The second kappa shape index (κ2) is 7.00. The van der Waals surface area contributed by atoms with Crippen LogP contribution in [0.1, 0.15) is 23.2 Å². The number of fused-ring (bicyclic) bond motifs is 1. The predicted molar refractivity (Wildman–Crippen MR) is 103 cm³/mol. The Morgan fingerprint density at radius 2 is 2.12 bits per heavy atom. The number of aromatic nitrogens is 6. The van der Waals surface area contributed by atoms with Crippen LogP contribution in [0.25, 0.3) is 16.3 Å². The van der Waals surface area contributed by atoms with Gasteiger partial charge >= 0.3 is 0 Å². The second-order valence-corrected chi connectivity index (χ2v) is 7.68. The highest BCUT2D eigenvalue weighted by atomic mass is 32.2. The number of benzene rings is 1. The van der Waals surface area contributed by atoms with Crippen molar-refractivity contribution < 1.29 is 0 Å². The molecule has 0 aliphatic rings. The van der Waals surface area contributed by atoms with Crippen molar-refractivity contribution in [3.8, 4) is 11.4 Å². The molecule has 0 atom stereocenters. The molecule has 7 nitrogen and oxygen atoms in total. The van der Waals surface area contributed by atoms with Gasteiger partial charge in [0.15, 0.2) is 5.82 Å². The van der Waals surface area contributed by atoms with Crippen molar-refractivity contribution in [2.45, 2.75) is 31.2 Å². The van der Waals surface area contributed by atoms with E-state index in [-0.39, 0.29) is 5.56 Å². The summed E-state index contributed by atoms with van der Waals surface area (Å²) in [5, 5.41) is 13.0. The van der Waals surface area contributed by atoms with Crippen LogP contribution in [0.4, 0.5) is 0 Å². The second-order valence-electron chi connectivity index (χ2n) is 5.70. The maximum Gasteiger partial charge on any atom is 0.275 e. The van der Waals surface area contributed by atoms with Gasteiger partial charge in [-0.2, -0.15) is 9.61 Å². The van der Waals surface area contributed by atoms with Crippen LogP contribution in [-0.2, 0) is 12.2 Å². The summed E-state index contributed by atoms with van der Waals surface area (Å²) in [5.74, 6) is 1.26. The topological polar surface area (TPSA) is 88.8 Å². The van der Waals surface area contributed by atoms with Gasteiger partial charge in [-0.3, -0.25) is 9.89 Å². The van der Waals surface area contributed by atoms with Crippen LogP contribution in [0.3, 0.4) is 0 Å². The molecule has 9 heteroatoms. The highest BCUT2D eigenvalue weighted by Crippen LogP contribution is 2.24. The predicted octanol–water partition coefficient (Wildman–Crippen LogP) is 3.10. The van der Waals surface area contributed by atoms with Crippen LogP contribution in [-0.4, -0.2) is 29.8 Å². The SMILES string of the molecule is CCc1nn2c(=O)cc(CSc3n[nH]c(-c4ccccc4C)n3)nc2s1. The molecule has 0 aliphatic carbocycles. The molecule has 1 N–H and O–H groups in total. The Morgan fingerprint density at radius 1 is 1.27 bits per heavy atom. The fraction of sp³-hybridized carbons (Fsp3) is 0.235. The van der Waals surface area contributed by atoms with E-state index in [2.05, 4.69) is 25.3 Å². The summed E-state index contributed by atoms with van der Waals surface area (Å²) in [4.78, 5) is 21.9. The van der Waals surface area contributed by atoms with E-state index in [0.29, 0.717) is 21.6 Å². The summed E-state index contributed by atoms with van der Waals surface area (Å²) in [7, 11) is 0. The van der Waals surface area contributed by atoms with Gasteiger partial charge in [0.2, 0.25) is 10.1 Å². The molecule has 0 aliphatic heterocycles. The average Bonchev–Trinajstić information content (AvgIpc) is 3.27. The Balaban J connectivity index is 1.54. The summed E-state index contributed by atoms with van der Waals surface area (Å²) < 4.78 is 1.36. The smallest absolute Gasteiger partial charge is 0.267 e. The first-order chi connectivity index (χ1) is 12.6. The van der Waals surface area contributed by atoms with Crippen LogP contribution >= 0.6 is 23.1 Å². The van der Waals surface area contributed by atoms with Crippen molar-refractivity contribution in [3.63, 3.8) is 0 Å². The molecule has 4 rings (SSSR count). The fourth-order valence-corrected chi connectivity index (χ4v) is 4.07. The van der Waals surface area contributed by atoms with Crippen LogP contribution in [0.2, 0.25) is 0 Å². The zero-order valence-corrected chi connectivity index (χ0v) is 15.9. The van der Waals surface area contributed by atoms with Crippen molar-refractivity contribution in [1.29, 1.82) is 0 Å². The van der Waals surface area contributed by atoms with Crippen LogP contribution in [0.15, 0.2) is 40.3 Å². The molecule has 0 amide bonds. The number of H-pyrrole nitrogens is 1. The molecule has 3 aromatic heterocycles. The molecule has 0 saturated heterocycles. The van der Waals surface area contributed by atoms with Gasteiger partial charge in [0.05, 0.1) is 5.69 Å². The van der Waals surface area contributed by atoms with Gasteiger partial charge in [-0.1, -0.05) is 54.3 Å². The number of aromatic amines is 1. The third-order valence-electron chi connectivity index (χ3n) is 3.86. The van der Waals surface area contributed by atoms with E-state index in [4.69, 9.17) is 0 Å².